The number of hydrogen-bond acceptors (Lipinski definition) is 6. The number of ketones is 1. The Morgan fingerprint density at radius 1 is 1.13 bits per heavy atom. The maximum atomic E-state index is 12.7. The predicted octanol–water partition coefficient (Wildman–Crippen LogP) is 5.44. The number of carbonyl (C=O) groups excluding carboxylic acids is 2. The van der Waals surface area contributed by atoms with E-state index < -0.39 is 35.2 Å². The van der Waals surface area contributed by atoms with Gasteiger partial charge in [0.05, 0.1) is 11.4 Å². The Kier molecular flexibility index (Phi) is 7.77. The van der Waals surface area contributed by atoms with E-state index in [9.17, 15) is 22.8 Å². The lowest BCUT2D eigenvalue weighted by atomic mass is 10.1. The zero-order valence-electron chi connectivity index (χ0n) is 16.6. The molecule has 0 bridgehead atoms. The molecule has 0 aliphatic carbocycles. The fourth-order valence-corrected chi connectivity index (χ4v) is 2.68. The van der Waals surface area contributed by atoms with Crippen molar-refractivity contribution in [3.05, 3.63) is 47.1 Å². The van der Waals surface area contributed by atoms with Gasteiger partial charge in [0.25, 0.3) is 0 Å². The van der Waals surface area contributed by atoms with Crippen LogP contribution < -0.4 is 9.47 Å². The molecule has 2 aromatic rings. The van der Waals surface area contributed by atoms with Crippen molar-refractivity contribution in [1.82, 2.24) is 4.98 Å². The van der Waals surface area contributed by atoms with Crippen LogP contribution in [-0.4, -0.2) is 34.3 Å². The van der Waals surface area contributed by atoms with Gasteiger partial charge in [-0.15, -0.1) is 11.6 Å². The molecule has 0 amide bonds. The van der Waals surface area contributed by atoms with Gasteiger partial charge in [-0.2, -0.15) is 13.2 Å². The van der Waals surface area contributed by atoms with E-state index in [1.54, 1.807) is 0 Å². The average Bonchev–Trinajstić information content (AvgIpc) is 2.69. The molecule has 1 unspecified atom stereocenters. The van der Waals surface area contributed by atoms with Gasteiger partial charge in [-0.1, -0.05) is 11.6 Å². The first-order chi connectivity index (χ1) is 14.3. The van der Waals surface area contributed by atoms with Crippen molar-refractivity contribution in [3.8, 4) is 17.4 Å². The van der Waals surface area contributed by atoms with Crippen molar-refractivity contribution in [2.45, 2.75) is 38.7 Å². The quantitative estimate of drug-likeness (QED) is 0.370. The van der Waals surface area contributed by atoms with Crippen molar-refractivity contribution in [3.63, 3.8) is 0 Å². The van der Waals surface area contributed by atoms with Gasteiger partial charge in [0.15, 0.2) is 17.5 Å². The summed E-state index contributed by atoms with van der Waals surface area (Å²) in [4.78, 5) is 27.4. The third kappa shape index (κ3) is 6.73. The Morgan fingerprint density at radius 3 is 2.23 bits per heavy atom. The highest BCUT2D eigenvalue weighted by Gasteiger charge is 2.33. The number of rotatable bonds is 8. The number of esters is 1. The van der Waals surface area contributed by atoms with Gasteiger partial charge >= 0.3 is 12.1 Å². The summed E-state index contributed by atoms with van der Waals surface area (Å²) < 4.78 is 54.0. The largest absolute Gasteiger partial charge is 0.479 e. The number of ether oxygens (including phenoxy) is 3. The maximum absolute atomic E-state index is 12.7. The number of carbonyl (C=O) groups is 2. The fraction of sp³-hybridized carbons (Fsp3) is 0.350. The second-order valence-corrected chi connectivity index (χ2v) is 7.50. The summed E-state index contributed by atoms with van der Waals surface area (Å²) in [5.74, 6) is -1.20. The van der Waals surface area contributed by atoms with Crippen LogP contribution in [-0.2, 0) is 20.5 Å². The van der Waals surface area contributed by atoms with Gasteiger partial charge in [0.2, 0.25) is 5.88 Å². The molecule has 1 aromatic carbocycles. The van der Waals surface area contributed by atoms with Crippen molar-refractivity contribution in [2.75, 3.05) is 5.88 Å². The number of halogens is 5. The van der Waals surface area contributed by atoms with Crippen molar-refractivity contribution < 1.29 is 37.0 Å². The molecule has 1 aromatic heterocycles. The first kappa shape index (κ1) is 24.7. The van der Waals surface area contributed by atoms with Gasteiger partial charge in [0.1, 0.15) is 16.5 Å². The van der Waals surface area contributed by atoms with Crippen LogP contribution in [0.25, 0.3) is 0 Å². The summed E-state index contributed by atoms with van der Waals surface area (Å²) in [5.41, 5.74) is -2.38. The number of pyridine rings is 1. The minimum atomic E-state index is -4.57. The number of hydrogen-bond donors (Lipinski definition) is 0. The van der Waals surface area contributed by atoms with Crippen LogP contribution in [0, 0.1) is 0 Å². The molecule has 11 heteroatoms. The molecule has 1 heterocycles. The summed E-state index contributed by atoms with van der Waals surface area (Å²) in [7, 11) is 0. The van der Waals surface area contributed by atoms with Gasteiger partial charge in [-0.25, -0.2) is 9.78 Å². The molecule has 2 rings (SSSR count). The van der Waals surface area contributed by atoms with Crippen LogP contribution in [0.5, 0.6) is 17.4 Å². The molecule has 0 saturated heterocycles. The van der Waals surface area contributed by atoms with Crippen LogP contribution >= 0.6 is 23.2 Å². The Hall–Kier alpha value is -2.52. The molecule has 1 atom stereocenters. The van der Waals surface area contributed by atoms with Crippen molar-refractivity contribution >= 4 is 35.0 Å². The lowest BCUT2D eigenvalue weighted by Crippen LogP contribution is -2.41. The molecular weight excluding hydrogens is 462 g/mol. The minimum Gasteiger partial charge on any atom is -0.479 e. The highest BCUT2D eigenvalue weighted by Crippen LogP contribution is 2.35. The predicted molar refractivity (Wildman–Crippen MR) is 107 cm³/mol. The minimum absolute atomic E-state index is 0.202. The lowest BCUT2D eigenvalue weighted by Gasteiger charge is -2.24. The SMILES string of the molecule is CC(Oc1ccc(Oc2ncc(C(F)(F)F)cc2Cl)cc1)C(=O)OC(C)(C)C(=O)CCl. The monoisotopic (exact) mass is 479 g/mol. The van der Waals surface area contributed by atoms with Gasteiger partial charge < -0.3 is 14.2 Å². The molecule has 0 spiro atoms. The van der Waals surface area contributed by atoms with E-state index in [1.807, 2.05) is 0 Å². The Bertz CT molecular complexity index is 949. The Balaban J connectivity index is 2.01. The lowest BCUT2D eigenvalue weighted by molar-refractivity contribution is -0.169. The average molecular weight is 480 g/mol. The van der Waals surface area contributed by atoms with Crippen LogP contribution in [0.3, 0.4) is 0 Å². The smallest absolute Gasteiger partial charge is 0.417 e. The first-order valence-electron chi connectivity index (χ1n) is 8.83. The normalized spacial score (nSPS) is 12.8. The standard InChI is InChI=1S/C20H18Cl2F3NO5/c1-11(18(28)31-19(2,3)16(27)9-21)29-13-4-6-14(7-5-13)30-17-15(22)8-12(10-26-17)20(23,24)25/h4-8,10-11H,9H2,1-3H3. The van der Waals surface area contributed by atoms with Crippen LogP contribution in [0.1, 0.15) is 26.3 Å². The third-order valence-electron chi connectivity index (χ3n) is 3.97. The van der Waals surface area contributed by atoms with E-state index in [0.717, 1.165) is 0 Å². The van der Waals surface area contributed by atoms with Crippen molar-refractivity contribution in [2.24, 2.45) is 0 Å². The Labute approximate surface area is 186 Å². The molecule has 0 radical (unpaired) electrons. The zero-order chi connectivity index (χ0) is 23.4. The van der Waals surface area contributed by atoms with Gasteiger partial charge in [-0.3, -0.25) is 4.79 Å². The second-order valence-electron chi connectivity index (χ2n) is 6.83. The molecule has 6 nitrogen and oxygen atoms in total. The van der Waals surface area contributed by atoms with Gasteiger partial charge in [-0.05, 0) is 51.1 Å². The first-order valence-corrected chi connectivity index (χ1v) is 9.74. The highest BCUT2D eigenvalue weighted by molar-refractivity contribution is 6.31. The number of Topliss-reactive ketones (excluding diaryl/α,β-unsaturated/α-hetero) is 1. The van der Waals surface area contributed by atoms with E-state index >= 15 is 0 Å². The topological polar surface area (TPSA) is 74.7 Å². The molecule has 0 aliphatic heterocycles. The maximum Gasteiger partial charge on any atom is 0.417 e. The highest BCUT2D eigenvalue weighted by atomic mass is 35.5. The number of benzene rings is 1. The van der Waals surface area contributed by atoms with Crippen LogP contribution in [0.15, 0.2) is 36.5 Å². The van der Waals surface area contributed by atoms with Crippen molar-refractivity contribution in [1.29, 1.82) is 0 Å². The third-order valence-corrected chi connectivity index (χ3v) is 4.48. The molecule has 0 saturated carbocycles. The molecule has 0 fully saturated rings. The van der Waals surface area contributed by atoms with E-state index in [1.165, 1.54) is 45.0 Å². The fourth-order valence-electron chi connectivity index (χ4n) is 2.16. The molecule has 0 N–H and O–H groups in total. The summed E-state index contributed by atoms with van der Waals surface area (Å²) in [6.45, 7) is 4.30. The van der Waals surface area contributed by atoms with Crippen LogP contribution in [0.4, 0.5) is 13.2 Å². The molecule has 168 valence electrons. The number of aromatic nitrogens is 1. The Morgan fingerprint density at radius 2 is 1.71 bits per heavy atom. The number of nitrogens with zero attached hydrogens (tertiary/aromatic N) is 1. The molecule has 0 aliphatic rings. The number of alkyl halides is 4. The summed E-state index contributed by atoms with van der Waals surface area (Å²) in [6, 6.07) is 6.54. The van der Waals surface area contributed by atoms with E-state index in [0.29, 0.717) is 12.3 Å². The molecule has 31 heavy (non-hydrogen) atoms. The summed E-state index contributed by atoms with van der Waals surface area (Å²) in [5, 5.41) is -0.305. The zero-order valence-corrected chi connectivity index (χ0v) is 18.1. The van der Waals surface area contributed by atoms with E-state index in [-0.39, 0.29) is 28.3 Å². The molecular formula is C20H18Cl2F3NO5. The second kappa shape index (κ2) is 9.74. The van der Waals surface area contributed by atoms with Gasteiger partial charge in [0, 0.05) is 6.20 Å². The summed E-state index contributed by atoms with van der Waals surface area (Å²) >= 11 is 11.3. The summed E-state index contributed by atoms with van der Waals surface area (Å²) in [6.07, 6.45) is -4.99. The van der Waals surface area contributed by atoms with E-state index in [4.69, 9.17) is 37.4 Å². The van der Waals surface area contributed by atoms with E-state index in [2.05, 4.69) is 4.98 Å². The van der Waals surface area contributed by atoms with Crippen LogP contribution in [0.2, 0.25) is 5.02 Å².